The van der Waals surface area contributed by atoms with E-state index in [4.69, 9.17) is 5.73 Å². The van der Waals surface area contributed by atoms with Crippen molar-refractivity contribution in [1.29, 1.82) is 0 Å². The average molecular weight is 337 g/mol. The first-order chi connectivity index (χ1) is 9.32. The Kier molecular flexibility index (Phi) is 6.22. The van der Waals surface area contributed by atoms with Gasteiger partial charge >= 0.3 is 0 Å². The first-order valence-corrected chi connectivity index (χ1v) is 8.59. The Morgan fingerprint density at radius 2 is 1.90 bits per heavy atom. The largest absolute Gasteiger partial charge is 0.337 e. The molecule has 0 atom stereocenters. The standard InChI is InChI=1S/C13H24N4O2S.ClH/c1-11-16-12(9-17(11)2)20(18,19)15-10-13(14)7-5-3-4-6-8-13;/h9,15H,3-8,10,14H2,1-2H3;1H. The summed E-state index contributed by atoms with van der Waals surface area (Å²) in [5, 5.41) is 0.0646. The van der Waals surface area contributed by atoms with Crippen molar-refractivity contribution >= 4 is 22.4 Å². The van der Waals surface area contributed by atoms with E-state index in [1.807, 2.05) is 0 Å². The summed E-state index contributed by atoms with van der Waals surface area (Å²) in [6, 6.07) is 0. The Morgan fingerprint density at radius 3 is 2.38 bits per heavy atom. The van der Waals surface area contributed by atoms with E-state index in [1.165, 1.54) is 19.0 Å². The fourth-order valence-electron chi connectivity index (χ4n) is 2.58. The molecule has 3 N–H and O–H groups in total. The third-order valence-electron chi connectivity index (χ3n) is 4.08. The van der Waals surface area contributed by atoms with Gasteiger partial charge in [-0.05, 0) is 19.8 Å². The highest BCUT2D eigenvalue weighted by Gasteiger charge is 2.29. The Hall–Kier alpha value is -0.630. The maximum atomic E-state index is 12.2. The number of nitrogens with one attached hydrogen (secondary N) is 1. The van der Waals surface area contributed by atoms with Crippen molar-refractivity contribution in [2.45, 2.75) is 56.0 Å². The molecular weight excluding hydrogens is 312 g/mol. The molecule has 1 heterocycles. The minimum Gasteiger partial charge on any atom is -0.337 e. The van der Waals surface area contributed by atoms with E-state index >= 15 is 0 Å². The molecule has 0 spiro atoms. The second kappa shape index (κ2) is 7.09. The van der Waals surface area contributed by atoms with E-state index < -0.39 is 15.6 Å². The van der Waals surface area contributed by atoms with Crippen LogP contribution < -0.4 is 10.5 Å². The topological polar surface area (TPSA) is 90.0 Å². The Balaban J connectivity index is 0.00000220. The van der Waals surface area contributed by atoms with Crippen molar-refractivity contribution in [3.05, 3.63) is 12.0 Å². The van der Waals surface area contributed by atoms with Crippen LogP contribution in [0.2, 0.25) is 0 Å². The van der Waals surface area contributed by atoms with Crippen LogP contribution in [0.25, 0.3) is 0 Å². The van der Waals surface area contributed by atoms with Gasteiger partial charge < -0.3 is 10.3 Å². The van der Waals surface area contributed by atoms with E-state index in [9.17, 15) is 8.42 Å². The van der Waals surface area contributed by atoms with Crippen molar-refractivity contribution in [1.82, 2.24) is 14.3 Å². The van der Waals surface area contributed by atoms with Gasteiger partial charge in [0.25, 0.3) is 10.0 Å². The van der Waals surface area contributed by atoms with Gasteiger partial charge in [-0.1, -0.05) is 25.7 Å². The summed E-state index contributed by atoms with van der Waals surface area (Å²) in [7, 11) is -1.80. The number of imidazole rings is 1. The summed E-state index contributed by atoms with van der Waals surface area (Å²) in [6.07, 6.45) is 7.78. The molecule has 0 amide bonds. The molecule has 1 saturated carbocycles. The van der Waals surface area contributed by atoms with Crippen LogP contribution in [0.15, 0.2) is 11.2 Å². The molecular formula is C13H25ClN4O2S. The van der Waals surface area contributed by atoms with Crippen molar-refractivity contribution in [2.24, 2.45) is 12.8 Å². The van der Waals surface area contributed by atoms with Crippen molar-refractivity contribution in [3.63, 3.8) is 0 Å². The fourth-order valence-corrected chi connectivity index (χ4v) is 3.75. The monoisotopic (exact) mass is 336 g/mol. The molecule has 122 valence electrons. The summed E-state index contributed by atoms with van der Waals surface area (Å²) < 4.78 is 28.8. The number of nitrogens with two attached hydrogens (primary N) is 1. The van der Waals surface area contributed by atoms with E-state index in [-0.39, 0.29) is 24.0 Å². The zero-order chi connectivity index (χ0) is 14.8. The first kappa shape index (κ1) is 18.4. The quantitative estimate of drug-likeness (QED) is 0.815. The minimum atomic E-state index is -3.57. The second-order valence-corrected chi connectivity index (χ2v) is 7.55. The normalized spacial score (nSPS) is 18.8. The fraction of sp³-hybridized carbons (Fsp3) is 0.769. The maximum Gasteiger partial charge on any atom is 0.259 e. The molecule has 0 aromatic carbocycles. The summed E-state index contributed by atoms with van der Waals surface area (Å²) >= 11 is 0. The van der Waals surface area contributed by atoms with Crippen LogP contribution in [-0.2, 0) is 17.1 Å². The molecule has 6 nitrogen and oxygen atoms in total. The van der Waals surface area contributed by atoms with E-state index in [0.717, 1.165) is 25.7 Å². The number of rotatable bonds is 4. The van der Waals surface area contributed by atoms with Gasteiger partial charge in [0.1, 0.15) is 5.82 Å². The van der Waals surface area contributed by atoms with Crippen molar-refractivity contribution in [2.75, 3.05) is 6.54 Å². The van der Waals surface area contributed by atoms with E-state index in [2.05, 4.69) is 9.71 Å². The van der Waals surface area contributed by atoms with Gasteiger partial charge in [0, 0.05) is 25.3 Å². The molecule has 0 aliphatic heterocycles. The van der Waals surface area contributed by atoms with Gasteiger partial charge in [0.15, 0.2) is 5.03 Å². The van der Waals surface area contributed by atoms with Gasteiger partial charge in [-0.25, -0.2) is 18.1 Å². The lowest BCUT2D eigenvalue weighted by molar-refractivity contribution is 0.369. The van der Waals surface area contributed by atoms with Crippen LogP contribution >= 0.6 is 12.4 Å². The second-order valence-electron chi connectivity index (χ2n) is 5.84. The molecule has 1 aliphatic rings. The van der Waals surface area contributed by atoms with Crippen molar-refractivity contribution < 1.29 is 8.42 Å². The number of hydrogen-bond donors (Lipinski definition) is 2. The maximum absolute atomic E-state index is 12.2. The minimum absolute atomic E-state index is 0. The SMILES string of the molecule is Cc1nc(S(=O)(=O)NCC2(N)CCCCCC2)cn1C.Cl. The number of halogens is 1. The highest BCUT2D eigenvalue weighted by molar-refractivity contribution is 7.89. The number of hydrogen-bond acceptors (Lipinski definition) is 4. The molecule has 21 heavy (non-hydrogen) atoms. The molecule has 0 radical (unpaired) electrons. The summed E-state index contributed by atoms with van der Waals surface area (Å²) in [4.78, 5) is 4.06. The third kappa shape index (κ3) is 4.67. The Labute approximate surface area is 133 Å². The molecule has 1 fully saturated rings. The first-order valence-electron chi connectivity index (χ1n) is 7.11. The zero-order valence-corrected chi connectivity index (χ0v) is 14.3. The highest BCUT2D eigenvalue weighted by Crippen LogP contribution is 2.24. The Bertz CT molecular complexity index is 543. The lowest BCUT2D eigenvalue weighted by Gasteiger charge is -2.27. The Morgan fingerprint density at radius 1 is 1.33 bits per heavy atom. The van der Waals surface area contributed by atoms with Gasteiger partial charge in [0.05, 0.1) is 0 Å². The molecule has 1 aromatic rings. The van der Waals surface area contributed by atoms with Crippen LogP contribution in [0.4, 0.5) is 0 Å². The molecule has 0 bridgehead atoms. The number of aromatic nitrogens is 2. The van der Waals surface area contributed by atoms with Crippen LogP contribution in [0, 0.1) is 6.92 Å². The number of aryl methyl sites for hydroxylation is 2. The molecule has 0 unspecified atom stereocenters. The summed E-state index contributed by atoms with van der Waals surface area (Å²) in [5.74, 6) is 0.669. The van der Waals surface area contributed by atoms with Gasteiger partial charge in [0.2, 0.25) is 0 Å². The van der Waals surface area contributed by atoms with Crippen LogP contribution in [0.3, 0.4) is 0 Å². The highest BCUT2D eigenvalue weighted by atomic mass is 35.5. The lowest BCUT2D eigenvalue weighted by Crippen LogP contribution is -2.49. The number of nitrogens with zero attached hydrogens (tertiary/aromatic N) is 2. The van der Waals surface area contributed by atoms with E-state index in [1.54, 1.807) is 18.5 Å². The molecule has 1 aromatic heterocycles. The molecule has 0 saturated heterocycles. The molecule has 1 aliphatic carbocycles. The van der Waals surface area contributed by atoms with Crippen LogP contribution in [-0.4, -0.2) is 30.1 Å². The van der Waals surface area contributed by atoms with Crippen LogP contribution in [0.5, 0.6) is 0 Å². The van der Waals surface area contributed by atoms with Gasteiger partial charge in [-0.2, -0.15) is 0 Å². The van der Waals surface area contributed by atoms with Crippen molar-refractivity contribution in [3.8, 4) is 0 Å². The number of sulfonamides is 1. The van der Waals surface area contributed by atoms with Gasteiger partial charge in [-0.3, -0.25) is 0 Å². The van der Waals surface area contributed by atoms with Gasteiger partial charge in [-0.15, -0.1) is 12.4 Å². The summed E-state index contributed by atoms with van der Waals surface area (Å²) in [5.41, 5.74) is 5.90. The molecule has 8 heteroatoms. The smallest absolute Gasteiger partial charge is 0.259 e. The zero-order valence-electron chi connectivity index (χ0n) is 12.6. The molecule has 2 rings (SSSR count). The van der Waals surface area contributed by atoms with E-state index in [0.29, 0.717) is 5.82 Å². The predicted molar refractivity (Wildman–Crippen MR) is 85.0 cm³/mol. The predicted octanol–water partition coefficient (Wildman–Crippen LogP) is 1.48. The average Bonchev–Trinajstić information content (AvgIpc) is 2.61. The lowest BCUT2D eigenvalue weighted by atomic mass is 9.92. The third-order valence-corrected chi connectivity index (χ3v) is 5.35. The summed E-state index contributed by atoms with van der Waals surface area (Å²) in [6.45, 7) is 2.06. The van der Waals surface area contributed by atoms with Crippen LogP contribution in [0.1, 0.15) is 44.3 Å².